The van der Waals surface area contributed by atoms with Gasteiger partial charge in [0.1, 0.15) is 5.82 Å². The van der Waals surface area contributed by atoms with Crippen molar-refractivity contribution in [2.45, 2.75) is 26.2 Å². The molecule has 0 unspecified atom stereocenters. The highest BCUT2D eigenvalue weighted by Crippen LogP contribution is 2.26. The van der Waals surface area contributed by atoms with Gasteiger partial charge in [0, 0.05) is 32.1 Å². The standard InChI is InChI=1S/C19H25N3O2/c1-14(2)16-7-4-5-8-17(16)22-18-10-9-15(13-21-18)19(23)20-11-6-12-24-3/h4-5,7-10,13-14H,6,11-12H2,1-3H3,(H,20,23)(H,21,22). The highest BCUT2D eigenvalue weighted by molar-refractivity contribution is 5.94. The van der Waals surface area contributed by atoms with E-state index in [4.69, 9.17) is 4.74 Å². The van der Waals surface area contributed by atoms with Gasteiger partial charge in [-0.05, 0) is 36.1 Å². The Bertz CT molecular complexity index is 654. The molecular formula is C19H25N3O2. The lowest BCUT2D eigenvalue weighted by Gasteiger charge is -2.14. The van der Waals surface area contributed by atoms with Crippen molar-refractivity contribution in [2.75, 3.05) is 25.6 Å². The smallest absolute Gasteiger partial charge is 0.252 e. The maximum absolute atomic E-state index is 12.0. The van der Waals surface area contributed by atoms with Crippen molar-refractivity contribution in [2.24, 2.45) is 0 Å². The fraction of sp³-hybridized carbons (Fsp3) is 0.368. The number of nitrogens with one attached hydrogen (secondary N) is 2. The Kier molecular flexibility index (Phi) is 6.75. The summed E-state index contributed by atoms with van der Waals surface area (Å²) >= 11 is 0. The number of benzene rings is 1. The molecule has 2 N–H and O–H groups in total. The van der Waals surface area contributed by atoms with E-state index in [2.05, 4.69) is 35.5 Å². The number of anilines is 2. The summed E-state index contributed by atoms with van der Waals surface area (Å²) in [6.45, 7) is 5.54. The van der Waals surface area contributed by atoms with E-state index >= 15 is 0 Å². The van der Waals surface area contributed by atoms with Crippen LogP contribution in [-0.4, -0.2) is 31.2 Å². The summed E-state index contributed by atoms with van der Waals surface area (Å²) in [6, 6.07) is 11.8. The number of hydrogen-bond donors (Lipinski definition) is 2. The van der Waals surface area contributed by atoms with Crippen LogP contribution in [0.4, 0.5) is 11.5 Å². The molecule has 128 valence electrons. The van der Waals surface area contributed by atoms with Gasteiger partial charge in [-0.3, -0.25) is 4.79 Å². The van der Waals surface area contributed by atoms with Crippen molar-refractivity contribution in [1.82, 2.24) is 10.3 Å². The Labute approximate surface area is 143 Å². The monoisotopic (exact) mass is 327 g/mol. The van der Waals surface area contributed by atoms with Gasteiger partial charge in [-0.15, -0.1) is 0 Å². The average molecular weight is 327 g/mol. The quantitative estimate of drug-likeness (QED) is 0.726. The predicted octanol–water partition coefficient (Wildman–Crippen LogP) is 3.71. The predicted molar refractivity (Wildman–Crippen MR) is 96.9 cm³/mol. The van der Waals surface area contributed by atoms with Gasteiger partial charge < -0.3 is 15.4 Å². The highest BCUT2D eigenvalue weighted by Gasteiger charge is 2.08. The van der Waals surface area contributed by atoms with Crippen LogP contribution in [0.25, 0.3) is 0 Å². The number of aromatic nitrogens is 1. The molecule has 0 saturated heterocycles. The Balaban J connectivity index is 1.98. The van der Waals surface area contributed by atoms with Gasteiger partial charge in [-0.2, -0.15) is 0 Å². The van der Waals surface area contributed by atoms with Gasteiger partial charge in [0.25, 0.3) is 5.91 Å². The largest absolute Gasteiger partial charge is 0.385 e. The van der Waals surface area contributed by atoms with Crippen LogP contribution < -0.4 is 10.6 Å². The van der Waals surface area contributed by atoms with Gasteiger partial charge >= 0.3 is 0 Å². The zero-order valence-electron chi connectivity index (χ0n) is 14.5. The van der Waals surface area contributed by atoms with Gasteiger partial charge in [0.05, 0.1) is 5.56 Å². The molecule has 0 fully saturated rings. The summed E-state index contributed by atoms with van der Waals surface area (Å²) < 4.78 is 4.96. The van der Waals surface area contributed by atoms with Crippen molar-refractivity contribution in [3.8, 4) is 0 Å². The summed E-state index contributed by atoms with van der Waals surface area (Å²) in [4.78, 5) is 16.4. The van der Waals surface area contributed by atoms with E-state index < -0.39 is 0 Å². The topological polar surface area (TPSA) is 63.2 Å². The first-order chi connectivity index (χ1) is 11.6. The van der Waals surface area contributed by atoms with Crippen LogP contribution in [0.5, 0.6) is 0 Å². The number of carbonyl (C=O) groups excluding carboxylic acids is 1. The molecule has 2 rings (SSSR count). The van der Waals surface area contributed by atoms with Crippen molar-refractivity contribution in [1.29, 1.82) is 0 Å². The number of pyridine rings is 1. The molecule has 0 bridgehead atoms. The van der Waals surface area contributed by atoms with Crippen molar-refractivity contribution in [3.05, 3.63) is 53.7 Å². The lowest BCUT2D eigenvalue weighted by molar-refractivity contribution is 0.0948. The SMILES string of the molecule is COCCCNC(=O)c1ccc(Nc2ccccc2C(C)C)nc1. The van der Waals surface area contributed by atoms with Crippen molar-refractivity contribution < 1.29 is 9.53 Å². The molecule has 0 atom stereocenters. The maximum atomic E-state index is 12.0. The average Bonchev–Trinajstić information content (AvgIpc) is 2.59. The molecule has 0 aliphatic heterocycles. The molecule has 5 nitrogen and oxygen atoms in total. The second-order valence-corrected chi connectivity index (χ2v) is 5.90. The third-order valence-electron chi connectivity index (χ3n) is 3.68. The number of nitrogens with zero attached hydrogens (tertiary/aromatic N) is 1. The number of rotatable bonds is 8. The Morgan fingerprint density at radius 1 is 1.21 bits per heavy atom. The van der Waals surface area contributed by atoms with E-state index in [1.807, 2.05) is 24.3 Å². The molecule has 0 aliphatic rings. The Hall–Kier alpha value is -2.40. The number of methoxy groups -OCH3 is 1. The summed E-state index contributed by atoms with van der Waals surface area (Å²) in [5, 5.41) is 6.17. The van der Waals surface area contributed by atoms with E-state index in [1.165, 1.54) is 5.56 Å². The van der Waals surface area contributed by atoms with E-state index in [9.17, 15) is 4.79 Å². The van der Waals surface area contributed by atoms with Crippen LogP contribution in [0.2, 0.25) is 0 Å². The van der Waals surface area contributed by atoms with Crippen LogP contribution in [0, 0.1) is 0 Å². The van der Waals surface area contributed by atoms with Gasteiger partial charge in [0.15, 0.2) is 0 Å². The van der Waals surface area contributed by atoms with Crippen LogP contribution >= 0.6 is 0 Å². The number of para-hydroxylation sites is 1. The normalized spacial score (nSPS) is 10.7. The van der Waals surface area contributed by atoms with Crippen molar-refractivity contribution in [3.63, 3.8) is 0 Å². The number of hydrogen-bond acceptors (Lipinski definition) is 4. The second kappa shape index (κ2) is 9.03. The minimum atomic E-state index is -0.118. The third kappa shape index (κ3) is 5.06. The Morgan fingerprint density at radius 3 is 2.67 bits per heavy atom. The van der Waals surface area contributed by atoms with Gasteiger partial charge in [-0.25, -0.2) is 4.98 Å². The number of ether oxygens (including phenoxy) is 1. The summed E-state index contributed by atoms with van der Waals surface area (Å²) in [5.41, 5.74) is 2.83. The van der Waals surface area contributed by atoms with Gasteiger partial charge in [0.2, 0.25) is 0 Å². The fourth-order valence-corrected chi connectivity index (χ4v) is 2.37. The van der Waals surface area contributed by atoms with E-state index in [0.29, 0.717) is 24.6 Å². The molecule has 1 heterocycles. The lowest BCUT2D eigenvalue weighted by atomic mass is 10.0. The zero-order valence-corrected chi connectivity index (χ0v) is 14.5. The molecule has 0 aliphatic carbocycles. The number of carbonyl (C=O) groups is 1. The minimum Gasteiger partial charge on any atom is -0.385 e. The summed E-state index contributed by atoms with van der Waals surface area (Å²) in [7, 11) is 1.65. The maximum Gasteiger partial charge on any atom is 0.252 e. The molecule has 1 aromatic carbocycles. The van der Waals surface area contributed by atoms with Crippen LogP contribution in [0.15, 0.2) is 42.6 Å². The first kappa shape index (κ1) is 17.9. The molecule has 1 aromatic heterocycles. The Morgan fingerprint density at radius 2 is 2.00 bits per heavy atom. The molecular weight excluding hydrogens is 302 g/mol. The summed E-state index contributed by atoms with van der Waals surface area (Å²) in [6.07, 6.45) is 2.38. The van der Waals surface area contributed by atoms with Gasteiger partial charge in [-0.1, -0.05) is 32.0 Å². The minimum absolute atomic E-state index is 0.118. The van der Waals surface area contributed by atoms with Crippen LogP contribution in [0.3, 0.4) is 0 Å². The summed E-state index contributed by atoms with van der Waals surface area (Å²) in [5.74, 6) is 1.03. The zero-order chi connectivity index (χ0) is 17.4. The van der Waals surface area contributed by atoms with Crippen molar-refractivity contribution >= 4 is 17.4 Å². The molecule has 0 saturated carbocycles. The van der Waals surface area contributed by atoms with E-state index in [0.717, 1.165) is 17.9 Å². The first-order valence-electron chi connectivity index (χ1n) is 8.21. The highest BCUT2D eigenvalue weighted by atomic mass is 16.5. The van der Waals surface area contributed by atoms with E-state index in [1.54, 1.807) is 19.4 Å². The molecule has 0 radical (unpaired) electrons. The molecule has 1 amide bonds. The molecule has 24 heavy (non-hydrogen) atoms. The van der Waals surface area contributed by atoms with Crippen LogP contribution in [-0.2, 0) is 4.74 Å². The second-order valence-electron chi connectivity index (χ2n) is 5.90. The third-order valence-corrected chi connectivity index (χ3v) is 3.68. The molecule has 5 heteroatoms. The molecule has 0 spiro atoms. The van der Waals surface area contributed by atoms with E-state index in [-0.39, 0.29) is 5.91 Å². The van der Waals surface area contributed by atoms with Crippen LogP contribution in [0.1, 0.15) is 42.1 Å². The fourth-order valence-electron chi connectivity index (χ4n) is 2.37. The molecule has 2 aromatic rings. The number of amides is 1. The first-order valence-corrected chi connectivity index (χ1v) is 8.21. The lowest BCUT2D eigenvalue weighted by Crippen LogP contribution is -2.25.